The fourth-order valence-electron chi connectivity index (χ4n) is 2.54. The van der Waals surface area contributed by atoms with Gasteiger partial charge in [-0.05, 0) is 53.3 Å². The fraction of sp³-hybridized carbons (Fsp3) is 0.100. The summed E-state index contributed by atoms with van der Waals surface area (Å²) in [6.07, 6.45) is 0. The molecule has 0 spiro atoms. The zero-order valence-corrected chi connectivity index (χ0v) is 11.9. The number of benzene rings is 3. The van der Waals surface area contributed by atoms with Crippen LogP contribution in [0.25, 0.3) is 22.3 Å². The lowest BCUT2D eigenvalue weighted by atomic mass is 9.89. The van der Waals surface area contributed by atoms with Gasteiger partial charge in [0, 0.05) is 0 Å². The van der Waals surface area contributed by atoms with Crippen molar-refractivity contribution in [1.82, 2.24) is 0 Å². The summed E-state index contributed by atoms with van der Waals surface area (Å²) < 4.78 is 0. The molecule has 0 atom stereocenters. The van der Waals surface area contributed by atoms with Gasteiger partial charge < -0.3 is 0 Å². The van der Waals surface area contributed by atoms with Crippen molar-refractivity contribution in [2.24, 2.45) is 0 Å². The lowest BCUT2D eigenvalue weighted by molar-refractivity contribution is 1.33. The number of rotatable bonds is 2. The van der Waals surface area contributed by atoms with Crippen LogP contribution in [0.15, 0.2) is 66.7 Å². The van der Waals surface area contributed by atoms with Crippen LogP contribution in [0.2, 0.25) is 0 Å². The van der Waals surface area contributed by atoms with Crippen LogP contribution in [-0.2, 0) is 0 Å². The highest BCUT2D eigenvalue weighted by molar-refractivity contribution is 5.85. The van der Waals surface area contributed by atoms with E-state index in [1.807, 2.05) is 6.07 Å². The first-order valence-corrected chi connectivity index (χ1v) is 6.90. The Kier molecular flexibility index (Phi) is 3.39. The molecule has 0 heterocycles. The molecule has 0 amide bonds. The largest absolute Gasteiger partial charge is 0.0622 e. The Balaban J connectivity index is 2.29. The summed E-state index contributed by atoms with van der Waals surface area (Å²) in [7, 11) is 0. The van der Waals surface area contributed by atoms with Gasteiger partial charge in [-0.3, -0.25) is 0 Å². The molecule has 20 heavy (non-hydrogen) atoms. The van der Waals surface area contributed by atoms with Crippen molar-refractivity contribution >= 4 is 0 Å². The Morgan fingerprint density at radius 3 is 1.85 bits per heavy atom. The summed E-state index contributed by atoms with van der Waals surface area (Å²) in [6.45, 7) is 4.34. The highest BCUT2D eigenvalue weighted by atomic mass is 14.1. The summed E-state index contributed by atoms with van der Waals surface area (Å²) in [5, 5.41) is 0. The number of hydrogen-bond donors (Lipinski definition) is 0. The second-order valence-electron chi connectivity index (χ2n) is 5.08. The lowest BCUT2D eigenvalue weighted by Crippen LogP contribution is -1.92. The smallest absolute Gasteiger partial charge is 0.00237 e. The molecule has 0 N–H and O–H groups in total. The molecule has 3 aromatic rings. The molecule has 1 radical (unpaired) electrons. The fourth-order valence-corrected chi connectivity index (χ4v) is 2.54. The molecule has 0 nitrogen and oxygen atoms in total. The van der Waals surface area contributed by atoms with Crippen molar-refractivity contribution in [2.75, 3.05) is 0 Å². The highest BCUT2D eigenvalue weighted by Gasteiger charge is 2.11. The third-order valence-corrected chi connectivity index (χ3v) is 3.77. The third-order valence-electron chi connectivity index (χ3n) is 3.77. The number of hydrogen-bond acceptors (Lipinski definition) is 0. The highest BCUT2D eigenvalue weighted by Crippen LogP contribution is 2.35. The molecule has 0 fully saturated rings. The van der Waals surface area contributed by atoms with E-state index in [4.69, 9.17) is 0 Å². The van der Waals surface area contributed by atoms with Crippen molar-refractivity contribution in [3.63, 3.8) is 0 Å². The van der Waals surface area contributed by atoms with Crippen LogP contribution in [0.1, 0.15) is 11.1 Å². The van der Waals surface area contributed by atoms with E-state index in [0.717, 1.165) is 0 Å². The molecule has 0 unspecified atom stereocenters. The first-order chi connectivity index (χ1) is 9.77. The second-order valence-corrected chi connectivity index (χ2v) is 5.08. The maximum Gasteiger partial charge on any atom is -0.00237 e. The first-order valence-electron chi connectivity index (χ1n) is 6.90. The Morgan fingerprint density at radius 1 is 0.700 bits per heavy atom. The normalized spacial score (nSPS) is 10.5. The van der Waals surface area contributed by atoms with E-state index in [1.54, 1.807) is 0 Å². The van der Waals surface area contributed by atoms with E-state index in [2.05, 4.69) is 80.6 Å². The zero-order valence-electron chi connectivity index (χ0n) is 11.9. The van der Waals surface area contributed by atoms with Gasteiger partial charge in [0.05, 0.1) is 0 Å². The summed E-state index contributed by atoms with van der Waals surface area (Å²) >= 11 is 0. The molecule has 3 rings (SSSR count). The van der Waals surface area contributed by atoms with Gasteiger partial charge in [-0.1, -0.05) is 66.7 Å². The quantitative estimate of drug-likeness (QED) is 0.573. The second kappa shape index (κ2) is 5.34. The Bertz CT molecular complexity index is 710. The van der Waals surface area contributed by atoms with Crippen molar-refractivity contribution in [3.05, 3.63) is 83.9 Å². The van der Waals surface area contributed by atoms with Crippen LogP contribution in [0.4, 0.5) is 0 Å². The van der Waals surface area contributed by atoms with Crippen molar-refractivity contribution in [1.29, 1.82) is 0 Å². The van der Waals surface area contributed by atoms with Crippen LogP contribution in [0, 0.1) is 19.9 Å². The minimum Gasteiger partial charge on any atom is -0.0622 e. The SMILES string of the molecule is Cc1c[c]c(-c2ccccc2)c(-c2ccccc2)c1C. The summed E-state index contributed by atoms with van der Waals surface area (Å²) in [5.41, 5.74) is 7.55. The van der Waals surface area contributed by atoms with Gasteiger partial charge in [-0.25, -0.2) is 0 Å². The van der Waals surface area contributed by atoms with Crippen LogP contribution in [0.5, 0.6) is 0 Å². The lowest BCUT2D eigenvalue weighted by Gasteiger charge is -2.15. The average Bonchev–Trinajstić information content (AvgIpc) is 2.51. The molecule has 3 aromatic carbocycles. The van der Waals surface area contributed by atoms with Crippen LogP contribution in [0.3, 0.4) is 0 Å². The number of aryl methyl sites for hydroxylation is 1. The standard InChI is InChI=1S/C20H17/c1-15-13-14-19(17-9-5-3-6-10-17)20(16(15)2)18-11-7-4-8-12-18/h3-13H,1-2H3. The third kappa shape index (κ3) is 2.25. The van der Waals surface area contributed by atoms with Gasteiger partial charge in [0.2, 0.25) is 0 Å². The molecular formula is C20H17. The Morgan fingerprint density at radius 2 is 1.25 bits per heavy atom. The molecule has 0 aliphatic rings. The zero-order chi connectivity index (χ0) is 13.9. The molecular weight excluding hydrogens is 240 g/mol. The van der Waals surface area contributed by atoms with Crippen LogP contribution >= 0.6 is 0 Å². The molecule has 0 saturated carbocycles. The van der Waals surface area contributed by atoms with Crippen LogP contribution in [-0.4, -0.2) is 0 Å². The summed E-state index contributed by atoms with van der Waals surface area (Å²) in [4.78, 5) is 0. The van der Waals surface area contributed by atoms with Crippen molar-refractivity contribution in [2.45, 2.75) is 13.8 Å². The van der Waals surface area contributed by atoms with E-state index >= 15 is 0 Å². The van der Waals surface area contributed by atoms with Crippen molar-refractivity contribution in [3.8, 4) is 22.3 Å². The monoisotopic (exact) mass is 257 g/mol. The van der Waals surface area contributed by atoms with Gasteiger partial charge in [-0.2, -0.15) is 0 Å². The van der Waals surface area contributed by atoms with E-state index in [-0.39, 0.29) is 0 Å². The Labute approximate surface area is 120 Å². The van der Waals surface area contributed by atoms with E-state index in [9.17, 15) is 0 Å². The minimum absolute atomic E-state index is 1.18. The predicted molar refractivity (Wildman–Crippen MR) is 85.6 cm³/mol. The van der Waals surface area contributed by atoms with Crippen LogP contribution < -0.4 is 0 Å². The molecule has 0 aliphatic carbocycles. The molecule has 0 aliphatic heterocycles. The van der Waals surface area contributed by atoms with Gasteiger partial charge in [0.25, 0.3) is 0 Å². The average molecular weight is 257 g/mol. The van der Waals surface area contributed by atoms with E-state index in [0.29, 0.717) is 0 Å². The van der Waals surface area contributed by atoms with E-state index < -0.39 is 0 Å². The topological polar surface area (TPSA) is 0 Å². The van der Waals surface area contributed by atoms with Gasteiger partial charge in [0.1, 0.15) is 0 Å². The Hall–Kier alpha value is -2.34. The summed E-state index contributed by atoms with van der Waals surface area (Å²) in [6, 6.07) is 26.6. The van der Waals surface area contributed by atoms with Gasteiger partial charge in [-0.15, -0.1) is 0 Å². The van der Waals surface area contributed by atoms with Gasteiger partial charge in [0.15, 0.2) is 0 Å². The predicted octanol–water partition coefficient (Wildman–Crippen LogP) is 5.44. The maximum absolute atomic E-state index is 3.46. The molecule has 0 bridgehead atoms. The molecule has 0 heteroatoms. The molecule has 0 saturated heterocycles. The van der Waals surface area contributed by atoms with E-state index in [1.165, 1.54) is 33.4 Å². The first kappa shape index (κ1) is 12.7. The van der Waals surface area contributed by atoms with Gasteiger partial charge >= 0.3 is 0 Å². The minimum atomic E-state index is 1.18. The summed E-state index contributed by atoms with van der Waals surface area (Å²) in [5.74, 6) is 0. The maximum atomic E-state index is 3.46. The molecule has 97 valence electrons. The van der Waals surface area contributed by atoms with Crippen molar-refractivity contribution < 1.29 is 0 Å². The molecule has 0 aromatic heterocycles.